The van der Waals surface area contributed by atoms with E-state index in [-0.39, 0.29) is 22.3 Å². The van der Waals surface area contributed by atoms with Crippen LogP contribution in [0.5, 0.6) is 0 Å². The van der Waals surface area contributed by atoms with Crippen LogP contribution in [-0.2, 0) is 27.1 Å². The van der Waals surface area contributed by atoms with Gasteiger partial charge in [-0.25, -0.2) is 26.6 Å². The van der Waals surface area contributed by atoms with Crippen molar-refractivity contribution in [2.45, 2.75) is 61.1 Å². The van der Waals surface area contributed by atoms with Gasteiger partial charge in [-0.2, -0.15) is 4.31 Å². The fourth-order valence-corrected chi connectivity index (χ4v) is 7.55. The van der Waals surface area contributed by atoms with Crippen LogP contribution in [0.4, 0.5) is 13.2 Å². The second-order valence-electron chi connectivity index (χ2n) is 9.54. The maximum Gasteiger partial charge on any atom is 0.243 e. The van der Waals surface area contributed by atoms with Crippen LogP contribution in [0.3, 0.4) is 0 Å². The van der Waals surface area contributed by atoms with Crippen molar-refractivity contribution in [2.75, 3.05) is 19.7 Å². The minimum atomic E-state index is -3.67. The SMILES string of the molecule is C[C@@H]1CCCN(S(=O)(=O)c2ccc3c(c2)nc(SCc2c(F)cc(F)cc2F)n3C[C@H]2CCCO2)C1. The summed E-state index contributed by atoms with van der Waals surface area (Å²) < 4.78 is 77.6. The maximum atomic E-state index is 14.2. The van der Waals surface area contributed by atoms with Gasteiger partial charge in [0, 0.05) is 43.1 Å². The van der Waals surface area contributed by atoms with E-state index in [9.17, 15) is 21.6 Å². The molecule has 3 aromatic rings. The lowest BCUT2D eigenvalue weighted by molar-refractivity contribution is 0.0960. The highest BCUT2D eigenvalue weighted by Crippen LogP contribution is 2.32. The lowest BCUT2D eigenvalue weighted by Gasteiger charge is -2.30. The Hall–Kier alpha value is -2.08. The number of hydrogen-bond donors (Lipinski definition) is 0. The molecule has 11 heteroatoms. The Balaban J connectivity index is 1.49. The van der Waals surface area contributed by atoms with Crippen LogP contribution >= 0.6 is 11.8 Å². The topological polar surface area (TPSA) is 64.4 Å². The monoisotopic (exact) mass is 539 g/mol. The van der Waals surface area contributed by atoms with Crippen molar-refractivity contribution in [3.8, 4) is 0 Å². The molecule has 2 aromatic carbocycles. The van der Waals surface area contributed by atoms with E-state index in [0.717, 1.165) is 43.0 Å². The summed E-state index contributed by atoms with van der Waals surface area (Å²) in [4.78, 5) is 4.83. The molecule has 194 valence electrons. The predicted molar refractivity (Wildman–Crippen MR) is 132 cm³/mol. The number of aromatic nitrogens is 2. The van der Waals surface area contributed by atoms with Crippen LogP contribution < -0.4 is 0 Å². The zero-order valence-electron chi connectivity index (χ0n) is 19.9. The van der Waals surface area contributed by atoms with Crippen molar-refractivity contribution in [3.05, 3.63) is 53.3 Å². The number of benzene rings is 2. The molecule has 0 amide bonds. The molecular formula is C25H28F3N3O3S2. The summed E-state index contributed by atoms with van der Waals surface area (Å²) in [6.07, 6.45) is 3.64. The molecule has 3 heterocycles. The number of halogens is 3. The van der Waals surface area contributed by atoms with Crippen molar-refractivity contribution in [1.82, 2.24) is 13.9 Å². The van der Waals surface area contributed by atoms with Crippen molar-refractivity contribution in [3.63, 3.8) is 0 Å². The third-order valence-electron chi connectivity index (χ3n) is 6.80. The first-order valence-electron chi connectivity index (χ1n) is 12.1. The lowest BCUT2D eigenvalue weighted by atomic mass is 10.0. The van der Waals surface area contributed by atoms with Crippen LogP contribution in [-0.4, -0.2) is 48.1 Å². The molecule has 0 aliphatic carbocycles. The van der Waals surface area contributed by atoms with Crippen molar-refractivity contribution >= 4 is 32.8 Å². The molecule has 6 nitrogen and oxygen atoms in total. The Morgan fingerprint density at radius 1 is 1.11 bits per heavy atom. The van der Waals surface area contributed by atoms with E-state index < -0.39 is 27.5 Å². The summed E-state index contributed by atoms with van der Waals surface area (Å²) in [7, 11) is -3.67. The highest BCUT2D eigenvalue weighted by Gasteiger charge is 2.29. The third kappa shape index (κ3) is 5.16. The average Bonchev–Trinajstić information content (AvgIpc) is 3.46. The number of piperidine rings is 1. The number of ether oxygens (including phenoxy) is 1. The Morgan fingerprint density at radius 3 is 2.58 bits per heavy atom. The molecule has 2 aliphatic heterocycles. The quantitative estimate of drug-likeness (QED) is 0.379. The van der Waals surface area contributed by atoms with Crippen LogP contribution in [0.25, 0.3) is 11.0 Å². The van der Waals surface area contributed by atoms with Gasteiger partial charge in [0.1, 0.15) is 17.5 Å². The Kier molecular flexibility index (Phi) is 7.35. The van der Waals surface area contributed by atoms with Crippen molar-refractivity contribution in [2.24, 2.45) is 5.92 Å². The molecule has 0 unspecified atom stereocenters. The van der Waals surface area contributed by atoms with Crippen molar-refractivity contribution < 1.29 is 26.3 Å². The second-order valence-corrected chi connectivity index (χ2v) is 12.4. The first kappa shape index (κ1) is 25.6. The minimum absolute atomic E-state index is 0.0284. The molecule has 2 aliphatic rings. The zero-order chi connectivity index (χ0) is 25.4. The van der Waals surface area contributed by atoms with E-state index in [1.54, 1.807) is 18.2 Å². The largest absolute Gasteiger partial charge is 0.376 e. The molecule has 1 aromatic heterocycles. The summed E-state index contributed by atoms with van der Waals surface area (Å²) in [5.41, 5.74) is 0.972. The smallest absolute Gasteiger partial charge is 0.243 e. The molecular weight excluding hydrogens is 511 g/mol. The van der Waals surface area contributed by atoms with E-state index in [1.165, 1.54) is 4.31 Å². The van der Waals surface area contributed by atoms with Crippen LogP contribution in [0.15, 0.2) is 40.4 Å². The molecule has 5 rings (SSSR count). The van der Waals surface area contributed by atoms with Crippen LogP contribution in [0.2, 0.25) is 0 Å². The number of sulfonamides is 1. The Bertz CT molecular complexity index is 1350. The van der Waals surface area contributed by atoms with Gasteiger partial charge in [0.25, 0.3) is 0 Å². The van der Waals surface area contributed by atoms with E-state index in [4.69, 9.17) is 4.74 Å². The first-order valence-corrected chi connectivity index (χ1v) is 14.5. The highest BCUT2D eigenvalue weighted by atomic mass is 32.2. The first-order chi connectivity index (χ1) is 17.2. The number of fused-ring (bicyclic) bond motifs is 1. The summed E-state index contributed by atoms with van der Waals surface area (Å²) in [5, 5.41) is 0.491. The Labute approximate surface area is 212 Å². The van der Waals surface area contributed by atoms with E-state index in [2.05, 4.69) is 4.98 Å². The fourth-order valence-electron chi connectivity index (χ4n) is 4.89. The Morgan fingerprint density at radius 2 is 1.89 bits per heavy atom. The molecule has 36 heavy (non-hydrogen) atoms. The normalized spacial score (nSPS) is 21.4. The number of imidazole rings is 1. The van der Waals surface area contributed by atoms with Gasteiger partial charge < -0.3 is 9.30 Å². The molecule has 0 radical (unpaired) electrons. The molecule has 0 saturated carbocycles. The number of thioether (sulfide) groups is 1. The standard InChI is InChI=1S/C25H28F3N3O3S2/c1-16-4-2-8-30(13-16)36(32,33)19-6-7-24-23(12-19)29-25(31(24)14-18-5-3-9-34-18)35-15-20-21(27)10-17(26)11-22(20)28/h6-7,10-12,16,18H,2-5,8-9,13-15H2,1H3/t16-,18-/m1/s1. The summed E-state index contributed by atoms with van der Waals surface area (Å²) in [5.74, 6) is -2.67. The van der Waals surface area contributed by atoms with Gasteiger partial charge in [0.2, 0.25) is 10.0 Å². The zero-order valence-corrected chi connectivity index (χ0v) is 21.6. The summed E-state index contributed by atoms with van der Waals surface area (Å²) >= 11 is 1.12. The third-order valence-corrected chi connectivity index (χ3v) is 9.67. The van der Waals surface area contributed by atoms with Gasteiger partial charge in [0.05, 0.1) is 28.6 Å². The highest BCUT2D eigenvalue weighted by molar-refractivity contribution is 7.98. The van der Waals surface area contributed by atoms with Gasteiger partial charge in [-0.1, -0.05) is 18.7 Å². The summed E-state index contributed by atoms with van der Waals surface area (Å²) in [6.45, 7) is 4.19. The van der Waals surface area contributed by atoms with Gasteiger partial charge in [-0.05, 0) is 49.8 Å². The maximum absolute atomic E-state index is 14.2. The minimum Gasteiger partial charge on any atom is -0.376 e. The van der Waals surface area contributed by atoms with Gasteiger partial charge in [-0.15, -0.1) is 0 Å². The molecule has 0 spiro atoms. The lowest BCUT2D eigenvalue weighted by Crippen LogP contribution is -2.39. The molecule has 0 bridgehead atoms. The fraction of sp³-hybridized carbons (Fsp3) is 0.480. The van der Waals surface area contributed by atoms with Gasteiger partial charge in [0.15, 0.2) is 5.16 Å². The molecule has 2 fully saturated rings. The van der Waals surface area contributed by atoms with E-state index in [1.807, 2.05) is 11.5 Å². The number of hydrogen-bond acceptors (Lipinski definition) is 5. The van der Waals surface area contributed by atoms with E-state index >= 15 is 0 Å². The van der Waals surface area contributed by atoms with Crippen LogP contribution in [0, 0.1) is 23.4 Å². The van der Waals surface area contributed by atoms with Crippen molar-refractivity contribution in [1.29, 1.82) is 0 Å². The van der Waals surface area contributed by atoms with Crippen LogP contribution in [0.1, 0.15) is 38.2 Å². The van der Waals surface area contributed by atoms with Gasteiger partial charge in [-0.3, -0.25) is 0 Å². The second kappa shape index (κ2) is 10.4. The predicted octanol–water partition coefficient (Wildman–Crippen LogP) is 5.35. The average molecular weight is 540 g/mol. The van der Waals surface area contributed by atoms with E-state index in [0.29, 0.717) is 55.0 Å². The summed E-state index contributed by atoms with van der Waals surface area (Å²) in [6, 6.07) is 6.22. The molecule has 2 atom stereocenters. The molecule has 2 saturated heterocycles. The number of nitrogens with zero attached hydrogens (tertiary/aromatic N) is 3. The number of rotatable bonds is 7. The molecule has 0 N–H and O–H groups in total. The van der Waals surface area contributed by atoms with Gasteiger partial charge >= 0.3 is 0 Å².